The summed E-state index contributed by atoms with van der Waals surface area (Å²) < 4.78 is 40.2. The molecule has 37 heavy (non-hydrogen) atoms. The summed E-state index contributed by atoms with van der Waals surface area (Å²) in [5, 5.41) is 7.66. The fourth-order valence-corrected chi connectivity index (χ4v) is 4.14. The van der Waals surface area contributed by atoms with Crippen LogP contribution in [0.5, 0.6) is 0 Å². The number of carbonyl (C=O) groups excluding carboxylic acids is 2. The van der Waals surface area contributed by atoms with Crippen molar-refractivity contribution >= 4 is 34.1 Å². The van der Waals surface area contributed by atoms with E-state index in [0.29, 0.717) is 42.8 Å². The van der Waals surface area contributed by atoms with Gasteiger partial charge in [0.25, 0.3) is 5.91 Å². The quantitative estimate of drug-likeness (QED) is 0.443. The minimum Gasteiger partial charge on any atom is -0.367 e. The maximum absolute atomic E-state index is 12.9. The number of halogens is 3. The summed E-state index contributed by atoms with van der Waals surface area (Å²) in [6, 6.07) is 11.9. The van der Waals surface area contributed by atoms with Crippen molar-refractivity contribution in [3.05, 3.63) is 78.5 Å². The Morgan fingerprint density at radius 1 is 1.00 bits per heavy atom. The zero-order chi connectivity index (χ0) is 26.0. The van der Waals surface area contributed by atoms with Crippen molar-refractivity contribution in [1.29, 1.82) is 0 Å². The van der Waals surface area contributed by atoms with Crippen LogP contribution in [0.2, 0.25) is 0 Å². The van der Waals surface area contributed by atoms with Gasteiger partial charge in [0.1, 0.15) is 17.9 Å². The van der Waals surface area contributed by atoms with Gasteiger partial charge in [0.2, 0.25) is 5.91 Å². The van der Waals surface area contributed by atoms with Crippen molar-refractivity contribution < 1.29 is 22.8 Å². The summed E-state index contributed by atoms with van der Waals surface area (Å²) in [7, 11) is 0. The molecule has 0 aliphatic carbocycles. The Hall–Kier alpha value is -4.48. The van der Waals surface area contributed by atoms with Crippen LogP contribution in [0.15, 0.2) is 67.1 Å². The highest BCUT2D eigenvalue weighted by Crippen LogP contribution is 2.27. The molecule has 3 aromatic heterocycles. The summed E-state index contributed by atoms with van der Waals surface area (Å²) >= 11 is 0. The van der Waals surface area contributed by atoms with Crippen molar-refractivity contribution in [3.63, 3.8) is 0 Å². The molecule has 1 aliphatic heterocycles. The maximum atomic E-state index is 12.9. The highest BCUT2D eigenvalue weighted by molar-refractivity contribution is 6.03. The number of amides is 2. The number of rotatable bonds is 5. The molecule has 1 saturated heterocycles. The molecule has 190 valence electrons. The summed E-state index contributed by atoms with van der Waals surface area (Å²) in [6.07, 6.45) is 0.576. The van der Waals surface area contributed by atoms with Crippen LogP contribution in [0.4, 0.5) is 24.5 Å². The molecule has 1 N–H and O–H groups in total. The Balaban J connectivity index is 1.21. The van der Waals surface area contributed by atoms with Crippen LogP contribution in [0, 0.1) is 0 Å². The van der Waals surface area contributed by atoms with E-state index in [9.17, 15) is 22.8 Å². The smallest absolute Gasteiger partial charge is 0.367 e. The van der Waals surface area contributed by atoms with Crippen LogP contribution in [0.1, 0.15) is 16.2 Å². The first-order valence-corrected chi connectivity index (χ1v) is 11.5. The van der Waals surface area contributed by atoms with Crippen molar-refractivity contribution in [1.82, 2.24) is 24.6 Å². The summed E-state index contributed by atoms with van der Waals surface area (Å²) in [5.41, 5.74) is 0.526. The fraction of sp³-hybridized carbons (Fsp3) is 0.240. The zero-order valence-corrected chi connectivity index (χ0v) is 19.5. The van der Waals surface area contributed by atoms with Gasteiger partial charge in [-0.3, -0.25) is 19.3 Å². The average molecular weight is 509 g/mol. The number of hydrogen-bond donors (Lipinski definition) is 1. The molecule has 1 aliphatic rings. The lowest BCUT2D eigenvalue weighted by molar-refractivity contribution is -0.141. The van der Waals surface area contributed by atoms with Gasteiger partial charge in [0.15, 0.2) is 0 Å². The molecule has 0 unspecified atom stereocenters. The second-order valence-electron chi connectivity index (χ2n) is 8.54. The monoisotopic (exact) mass is 509 g/mol. The number of alkyl halides is 3. The molecule has 12 heteroatoms. The van der Waals surface area contributed by atoms with Gasteiger partial charge < -0.3 is 15.1 Å². The van der Waals surface area contributed by atoms with Crippen molar-refractivity contribution in [2.24, 2.45) is 0 Å². The first-order valence-electron chi connectivity index (χ1n) is 11.5. The second kappa shape index (κ2) is 9.88. The van der Waals surface area contributed by atoms with E-state index in [2.05, 4.69) is 25.3 Å². The van der Waals surface area contributed by atoms with E-state index in [4.69, 9.17) is 0 Å². The van der Waals surface area contributed by atoms with E-state index in [0.717, 1.165) is 17.8 Å². The molecule has 0 radical (unpaired) electrons. The van der Waals surface area contributed by atoms with Gasteiger partial charge >= 0.3 is 6.18 Å². The van der Waals surface area contributed by atoms with Crippen molar-refractivity contribution in [3.8, 4) is 0 Å². The Morgan fingerprint density at radius 3 is 2.54 bits per heavy atom. The predicted octanol–water partition coefficient (Wildman–Crippen LogP) is 3.45. The topological polar surface area (TPSA) is 96.2 Å². The standard InChI is InChI=1S/C25H22F3N7O2/c26-25(27,28)22-5-1-4-21(31-22)24(37)30-18-6-7-20-17(13-18)15-35(32-20)16-23(36)34-11-9-33(10-12-34)19-3-2-8-29-14-19/h1-8,13-15H,9-12,16H2,(H,30,37). The Morgan fingerprint density at radius 2 is 1.81 bits per heavy atom. The van der Waals surface area contributed by atoms with E-state index in [-0.39, 0.29) is 18.1 Å². The van der Waals surface area contributed by atoms with Crippen LogP contribution in [0.3, 0.4) is 0 Å². The molecule has 2 amide bonds. The summed E-state index contributed by atoms with van der Waals surface area (Å²) in [5.74, 6) is -0.818. The number of anilines is 2. The number of piperazine rings is 1. The normalized spacial score (nSPS) is 14.1. The van der Waals surface area contributed by atoms with Crippen LogP contribution < -0.4 is 10.2 Å². The summed E-state index contributed by atoms with van der Waals surface area (Å²) in [6.45, 7) is 2.67. The zero-order valence-electron chi connectivity index (χ0n) is 19.5. The largest absolute Gasteiger partial charge is 0.433 e. The molecule has 0 atom stereocenters. The molecule has 4 heterocycles. The minimum absolute atomic E-state index is 0.0530. The number of nitrogens with one attached hydrogen (secondary N) is 1. The lowest BCUT2D eigenvalue weighted by Gasteiger charge is -2.35. The van der Waals surface area contributed by atoms with Crippen molar-refractivity contribution in [2.75, 3.05) is 36.4 Å². The van der Waals surface area contributed by atoms with E-state index in [1.165, 1.54) is 6.07 Å². The number of pyridine rings is 2. The number of hydrogen-bond acceptors (Lipinski definition) is 6. The molecule has 9 nitrogen and oxygen atoms in total. The van der Waals surface area contributed by atoms with Gasteiger partial charge in [-0.25, -0.2) is 4.98 Å². The van der Waals surface area contributed by atoms with E-state index in [1.54, 1.807) is 46.4 Å². The van der Waals surface area contributed by atoms with E-state index >= 15 is 0 Å². The molecule has 4 aromatic rings. The molecule has 0 spiro atoms. The molecule has 1 fully saturated rings. The van der Waals surface area contributed by atoms with E-state index in [1.807, 2.05) is 12.1 Å². The van der Waals surface area contributed by atoms with Crippen LogP contribution in [-0.2, 0) is 17.5 Å². The molecule has 5 rings (SSSR count). The van der Waals surface area contributed by atoms with Crippen LogP contribution in [0.25, 0.3) is 10.9 Å². The third-order valence-corrected chi connectivity index (χ3v) is 6.02. The lowest BCUT2D eigenvalue weighted by atomic mass is 10.2. The van der Waals surface area contributed by atoms with Gasteiger partial charge in [-0.2, -0.15) is 18.3 Å². The Bertz CT molecular complexity index is 1430. The van der Waals surface area contributed by atoms with Gasteiger partial charge in [-0.05, 0) is 42.5 Å². The number of benzene rings is 1. The Labute approximate surface area is 209 Å². The fourth-order valence-electron chi connectivity index (χ4n) is 4.14. The maximum Gasteiger partial charge on any atom is 0.433 e. The molecule has 1 aromatic carbocycles. The number of nitrogens with zero attached hydrogens (tertiary/aromatic N) is 6. The van der Waals surface area contributed by atoms with Crippen LogP contribution in [-0.4, -0.2) is 62.6 Å². The molecular formula is C25H22F3N7O2. The highest BCUT2D eigenvalue weighted by Gasteiger charge is 2.33. The van der Waals surface area contributed by atoms with Gasteiger partial charge in [-0.1, -0.05) is 6.07 Å². The number of carbonyl (C=O) groups is 2. The van der Waals surface area contributed by atoms with Crippen LogP contribution >= 0.6 is 0 Å². The lowest BCUT2D eigenvalue weighted by Crippen LogP contribution is -2.49. The third-order valence-electron chi connectivity index (χ3n) is 6.02. The summed E-state index contributed by atoms with van der Waals surface area (Å²) in [4.78, 5) is 36.8. The third kappa shape index (κ3) is 5.52. The first-order chi connectivity index (χ1) is 17.8. The first kappa shape index (κ1) is 24.2. The van der Waals surface area contributed by atoms with E-state index < -0.39 is 17.8 Å². The average Bonchev–Trinajstić information content (AvgIpc) is 3.30. The highest BCUT2D eigenvalue weighted by atomic mass is 19.4. The second-order valence-corrected chi connectivity index (χ2v) is 8.54. The van der Waals surface area contributed by atoms with Gasteiger partial charge in [-0.15, -0.1) is 0 Å². The van der Waals surface area contributed by atoms with Crippen molar-refractivity contribution in [2.45, 2.75) is 12.7 Å². The number of fused-ring (bicyclic) bond motifs is 1. The predicted molar refractivity (Wildman–Crippen MR) is 130 cm³/mol. The number of aromatic nitrogens is 4. The molecular weight excluding hydrogens is 487 g/mol. The SMILES string of the molecule is O=C(Nc1ccc2nn(CC(=O)N3CCN(c4cccnc4)CC3)cc2c1)c1cccc(C(F)(F)F)n1. The molecule has 0 saturated carbocycles. The molecule has 0 bridgehead atoms. The Kier molecular flexibility index (Phi) is 6.47. The van der Waals surface area contributed by atoms with Gasteiger partial charge in [0, 0.05) is 49.6 Å². The van der Waals surface area contributed by atoms with Gasteiger partial charge in [0.05, 0.1) is 17.4 Å². The minimum atomic E-state index is -4.64.